The predicted molar refractivity (Wildman–Crippen MR) is 175 cm³/mol. The van der Waals surface area contributed by atoms with Gasteiger partial charge in [0.2, 0.25) is 11.8 Å². The summed E-state index contributed by atoms with van der Waals surface area (Å²) in [6.07, 6.45) is 5.19. The lowest BCUT2D eigenvalue weighted by atomic mass is 9.88. The average Bonchev–Trinajstić information content (AvgIpc) is 3.46. The highest BCUT2D eigenvalue weighted by atomic mass is 32.2. The van der Waals surface area contributed by atoms with Crippen molar-refractivity contribution in [3.05, 3.63) is 77.6 Å². The van der Waals surface area contributed by atoms with Crippen LogP contribution in [0.3, 0.4) is 0 Å². The second kappa shape index (κ2) is 14.2. The number of likely N-dealkylation sites (N-methyl/N-ethyl adjacent to an activating group) is 1. The minimum Gasteiger partial charge on any atom is -0.475 e. The van der Waals surface area contributed by atoms with Crippen LogP contribution in [-0.4, -0.2) is 67.9 Å². The molecule has 0 bridgehead atoms. The van der Waals surface area contributed by atoms with E-state index in [4.69, 9.17) is 9.47 Å². The summed E-state index contributed by atoms with van der Waals surface area (Å²) >= 11 is 0. The van der Waals surface area contributed by atoms with Gasteiger partial charge in [0, 0.05) is 37.5 Å². The maximum absolute atomic E-state index is 13.3. The number of hydrogen-bond acceptors (Lipinski definition) is 9. The first-order chi connectivity index (χ1) is 21.3. The summed E-state index contributed by atoms with van der Waals surface area (Å²) in [6, 6.07) is 13.3. The molecule has 1 N–H and O–H groups in total. The summed E-state index contributed by atoms with van der Waals surface area (Å²) < 4.78 is 42.5. The van der Waals surface area contributed by atoms with Gasteiger partial charge < -0.3 is 14.4 Å². The van der Waals surface area contributed by atoms with Crippen molar-refractivity contribution in [1.82, 2.24) is 19.7 Å². The summed E-state index contributed by atoms with van der Waals surface area (Å²) in [6.45, 7) is 11.9. The number of nitrogens with zero attached hydrogens (tertiary/aromatic N) is 5. The topological polar surface area (TPSA) is 129 Å². The first-order valence-electron chi connectivity index (χ1n) is 14.7. The lowest BCUT2D eigenvalue weighted by molar-refractivity contribution is 0.112. The van der Waals surface area contributed by atoms with E-state index >= 15 is 0 Å². The van der Waals surface area contributed by atoms with Gasteiger partial charge in [0.15, 0.2) is 0 Å². The lowest BCUT2D eigenvalue weighted by Gasteiger charge is -2.33. The Morgan fingerprint density at radius 1 is 1.07 bits per heavy atom. The van der Waals surface area contributed by atoms with Crippen molar-refractivity contribution in [2.24, 2.45) is 5.41 Å². The highest BCUT2D eigenvalue weighted by Crippen LogP contribution is 2.31. The monoisotopic (exact) mass is 634 g/mol. The molecule has 0 aliphatic heterocycles. The first kappa shape index (κ1) is 33.6. The van der Waals surface area contributed by atoms with Crippen LogP contribution in [0.25, 0.3) is 11.3 Å². The maximum Gasteiger partial charge on any atom is 0.264 e. The van der Waals surface area contributed by atoms with Crippen LogP contribution in [0.15, 0.2) is 65.8 Å². The van der Waals surface area contributed by atoms with Crippen LogP contribution in [0, 0.1) is 19.3 Å². The lowest BCUT2D eigenvalue weighted by Crippen LogP contribution is -2.39. The minimum atomic E-state index is -4.11. The number of aryl methyl sites for hydroxylation is 2. The molecule has 4 aromatic rings. The number of benzene rings is 2. The van der Waals surface area contributed by atoms with Crippen LogP contribution < -0.4 is 14.4 Å². The molecule has 0 fully saturated rings. The van der Waals surface area contributed by atoms with Crippen molar-refractivity contribution in [3.63, 3.8) is 0 Å². The maximum atomic E-state index is 13.3. The van der Waals surface area contributed by atoms with E-state index in [2.05, 4.69) is 45.5 Å². The van der Waals surface area contributed by atoms with Crippen molar-refractivity contribution < 1.29 is 22.7 Å². The summed E-state index contributed by atoms with van der Waals surface area (Å²) in [7, 11) is -0.440. The van der Waals surface area contributed by atoms with Crippen LogP contribution in [0.2, 0.25) is 0 Å². The Bertz CT molecular complexity index is 1710. The number of rotatable bonds is 14. The zero-order valence-corrected chi connectivity index (χ0v) is 27.8. The van der Waals surface area contributed by atoms with Gasteiger partial charge in [-0.15, -0.1) is 0 Å². The van der Waals surface area contributed by atoms with Gasteiger partial charge in [0.25, 0.3) is 10.0 Å². The molecule has 0 radical (unpaired) electrons. The molecule has 0 aliphatic carbocycles. The predicted octanol–water partition coefficient (Wildman–Crippen LogP) is 5.54. The fraction of sp³-hybridized carbons (Fsp3) is 0.394. The van der Waals surface area contributed by atoms with Crippen LogP contribution in [-0.2, 0) is 21.3 Å². The molecular formula is C33H42N6O5S. The third-order valence-electron chi connectivity index (χ3n) is 7.34. The van der Waals surface area contributed by atoms with Gasteiger partial charge in [0.05, 0.1) is 41.7 Å². The fourth-order valence-electron chi connectivity index (χ4n) is 5.07. The van der Waals surface area contributed by atoms with Gasteiger partial charge in [-0.25, -0.2) is 18.1 Å². The summed E-state index contributed by atoms with van der Waals surface area (Å²) in [4.78, 5) is 22.4. The van der Waals surface area contributed by atoms with E-state index in [1.165, 1.54) is 24.3 Å². The Kier molecular flexibility index (Phi) is 10.6. The molecular weight excluding hydrogens is 592 g/mol. The van der Waals surface area contributed by atoms with Gasteiger partial charge in [-0.2, -0.15) is 10.1 Å². The molecule has 11 nitrogen and oxygen atoms in total. The number of nitrogens with one attached hydrogen (secondary N) is 1. The van der Waals surface area contributed by atoms with E-state index in [-0.39, 0.29) is 40.4 Å². The van der Waals surface area contributed by atoms with Crippen LogP contribution >= 0.6 is 0 Å². The molecule has 45 heavy (non-hydrogen) atoms. The SMILES string of the molecule is COCCn1cc(N(C)[C@@H](COc2cc(-c3c(C)cccc3C)nc(NS(=O)(=O)c3cccc(C=O)c3)n2)CC(C)(C)C)cn1. The zero-order chi connectivity index (χ0) is 32.8. The number of aromatic nitrogens is 4. The molecule has 240 valence electrons. The molecule has 0 aliphatic rings. The Morgan fingerprint density at radius 3 is 2.44 bits per heavy atom. The summed E-state index contributed by atoms with van der Waals surface area (Å²) in [5, 5.41) is 4.46. The van der Waals surface area contributed by atoms with E-state index < -0.39 is 10.0 Å². The van der Waals surface area contributed by atoms with Crippen LogP contribution in [0.1, 0.15) is 48.7 Å². The third-order valence-corrected chi connectivity index (χ3v) is 8.67. The Hall–Kier alpha value is -4.29. The molecule has 1 atom stereocenters. The molecule has 0 saturated carbocycles. The molecule has 2 aromatic carbocycles. The number of sulfonamides is 1. The Balaban J connectivity index is 1.68. The van der Waals surface area contributed by atoms with E-state index in [0.29, 0.717) is 25.1 Å². The largest absolute Gasteiger partial charge is 0.475 e. The molecule has 2 aromatic heterocycles. The van der Waals surface area contributed by atoms with Gasteiger partial charge in [0.1, 0.15) is 12.9 Å². The van der Waals surface area contributed by atoms with Crippen molar-refractivity contribution >= 4 is 27.9 Å². The van der Waals surface area contributed by atoms with E-state index in [9.17, 15) is 13.2 Å². The average molecular weight is 635 g/mol. The summed E-state index contributed by atoms with van der Waals surface area (Å²) in [5.41, 5.74) is 4.50. The van der Waals surface area contributed by atoms with Gasteiger partial charge in [-0.3, -0.25) is 9.48 Å². The van der Waals surface area contributed by atoms with Crippen LogP contribution in [0.5, 0.6) is 5.88 Å². The third kappa shape index (κ3) is 8.89. The number of ether oxygens (including phenoxy) is 2. The van der Waals surface area contributed by atoms with Crippen molar-refractivity contribution in [3.8, 4) is 17.1 Å². The second-order valence-electron chi connectivity index (χ2n) is 12.3. The highest BCUT2D eigenvalue weighted by Gasteiger charge is 2.25. The van der Waals surface area contributed by atoms with Crippen molar-refractivity contribution in [2.75, 3.05) is 37.0 Å². The zero-order valence-electron chi connectivity index (χ0n) is 26.9. The van der Waals surface area contributed by atoms with Crippen molar-refractivity contribution in [2.45, 2.75) is 58.5 Å². The van der Waals surface area contributed by atoms with Crippen molar-refractivity contribution in [1.29, 1.82) is 0 Å². The Morgan fingerprint density at radius 2 is 1.78 bits per heavy atom. The van der Waals surface area contributed by atoms with Gasteiger partial charge in [-0.1, -0.05) is 51.1 Å². The van der Waals surface area contributed by atoms with Crippen LogP contribution in [0.4, 0.5) is 11.6 Å². The van der Waals surface area contributed by atoms with E-state index in [0.717, 1.165) is 28.8 Å². The highest BCUT2D eigenvalue weighted by molar-refractivity contribution is 7.92. The summed E-state index contributed by atoms with van der Waals surface area (Å²) in [5.74, 6) is 0.0897. The fourth-order valence-corrected chi connectivity index (χ4v) is 6.07. The molecule has 4 rings (SSSR count). The molecule has 0 spiro atoms. The van der Waals surface area contributed by atoms with E-state index in [1.54, 1.807) is 13.2 Å². The van der Waals surface area contributed by atoms with Gasteiger partial charge in [-0.05, 0) is 48.9 Å². The number of carbonyl (C=O) groups excluding carboxylic acids is 1. The number of methoxy groups -OCH3 is 1. The first-order valence-corrected chi connectivity index (χ1v) is 16.2. The number of hydrogen-bond donors (Lipinski definition) is 1. The molecule has 2 heterocycles. The normalized spacial score (nSPS) is 12.5. The molecule has 0 unspecified atom stereocenters. The number of anilines is 2. The smallest absolute Gasteiger partial charge is 0.264 e. The molecule has 0 saturated heterocycles. The van der Waals surface area contributed by atoms with E-state index in [1.807, 2.05) is 56.2 Å². The quantitative estimate of drug-likeness (QED) is 0.178. The second-order valence-corrected chi connectivity index (χ2v) is 14.0. The standard InChI is InChI=1S/C33H42N6O5S/c1-23-10-8-11-24(2)31(23)29-17-30(36-32(35-29)37-45(41,42)28-13-9-12-25(16-28)21-40)44-22-26(18-33(3,4)5)38(6)27-19-34-39(20-27)14-15-43-7/h8-13,16-17,19-21,26H,14-15,18,22H2,1-7H3,(H,35,36,37)/t26-/m1/s1. The Labute approximate surface area is 265 Å². The minimum absolute atomic E-state index is 0.0136. The number of carbonyl (C=O) groups is 1. The number of aldehydes is 1. The molecule has 12 heteroatoms. The molecule has 0 amide bonds. The van der Waals surface area contributed by atoms with Gasteiger partial charge >= 0.3 is 0 Å².